The van der Waals surface area contributed by atoms with Gasteiger partial charge >= 0.3 is 0 Å². The summed E-state index contributed by atoms with van der Waals surface area (Å²) in [6, 6.07) is 6.45. The van der Waals surface area contributed by atoms with E-state index in [2.05, 4.69) is 48.7 Å². The van der Waals surface area contributed by atoms with Crippen molar-refractivity contribution in [2.24, 2.45) is 0 Å². The zero-order valence-corrected chi connectivity index (χ0v) is 18.4. The Kier molecular flexibility index (Phi) is 5.91. The molecule has 1 saturated heterocycles. The molecule has 1 fully saturated rings. The van der Waals surface area contributed by atoms with Crippen molar-refractivity contribution in [2.45, 2.75) is 52.6 Å². The van der Waals surface area contributed by atoms with Gasteiger partial charge in [-0.05, 0) is 88.1 Å². The van der Waals surface area contributed by atoms with Crippen LogP contribution in [0.25, 0.3) is 11.0 Å². The van der Waals surface area contributed by atoms with Gasteiger partial charge in [-0.25, -0.2) is 0 Å². The number of hydrogen-bond acceptors (Lipinski definition) is 4. The Hall–Kier alpha value is -2.66. The third-order valence-corrected chi connectivity index (χ3v) is 6.52. The van der Waals surface area contributed by atoms with E-state index in [9.17, 15) is 4.79 Å². The van der Waals surface area contributed by atoms with Gasteiger partial charge in [-0.3, -0.25) is 9.78 Å². The Balaban J connectivity index is 1.62. The van der Waals surface area contributed by atoms with E-state index in [-0.39, 0.29) is 11.9 Å². The van der Waals surface area contributed by atoms with E-state index in [0.29, 0.717) is 13.0 Å². The molecule has 1 aliphatic heterocycles. The van der Waals surface area contributed by atoms with Crippen LogP contribution in [0.2, 0.25) is 0 Å². The summed E-state index contributed by atoms with van der Waals surface area (Å²) in [5.74, 6) is 0.168. The number of piperidine rings is 1. The van der Waals surface area contributed by atoms with Gasteiger partial charge in [0.25, 0.3) is 0 Å². The molecule has 0 unspecified atom stereocenters. The summed E-state index contributed by atoms with van der Waals surface area (Å²) in [6.07, 6.45) is 7.76. The predicted molar refractivity (Wildman–Crippen MR) is 119 cm³/mol. The zero-order valence-electron chi connectivity index (χ0n) is 18.4. The van der Waals surface area contributed by atoms with Crippen LogP contribution in [0.5, 0.6) is 0 Å². The lowest BCUT2D eigenvalue weighted by molar-refractivity contribution is -0.134. The highest BCUT2D eigenvalue weighted by molar-refractivity contribution is 5.92. The number of carbonyl (C=O) groups excluding carboxylic acids is 1. The third kappa shape index (κ3) is 4.12. The van der Waals surface area contributed by atoms with E-state index in [0.717, 1.165) is 53.6 Å². The second-order valence-electron chi connectivity index (χ2n) is 8.69. The maximum atomic E-state index is 13.6. The molecule has 3 aromatic rings. The number of benzene rings is 1. The highest BCUT2D eigenvalue weighted by atomic mass is 16.3. The fourth-order valence-corrected chi connectivity index (χ4v) is 4.59. The van der Waals surface area contributed by atoms with Crippen molar-refractivity contribution in [3.63, 3.8) is 0 Å². The Morgan fingerprint density at radius 2 is 1.87 bits per heavy atom. The summed E-state index contributed by atoms with van der Waals surface area (Å²) in [5.41, 5.74) is 6.57. The van der Waals surface area contributed by atoms with Crippen LogP contribution in [0.15, 0.2) is 41.3 Å². The fourth-order valence-electron chi connectivity index (χ4n) is 4.59. The van der Waals surface area contributed by atoms with Gasteiger partial charge in [0, 0.05) is 35.9 Å². The first kappa shape index (κ1) is 20.6. The van der Waals surface area contributed by atoms with Gasteiger partial charge in [-0.2, -0.15) is 0 Å². The van der Waals surface area contributed by atoms with E-state index in [1.54, 1.807) is 18.7 Å². The Bertz CT molecular complexity index is 1030. The minimum Gasteiger partial charge on any atom is -0.464 e. The number of aryl methyl sites for hydroxylation is 3. The monoisotopic (exact) mass is 405 g/mol. The topological polar surface area (TPSA) is 49.6 Å². The summed E-state index contributed by atoms with van der Waals surface area (Å²) in [4.78, 5) is 22.1. The lowest BCUT2D eigenvalue weighted by Crippen LogP contribution is -2.46. The molecular formula is C25H31N3O2. The Morgan fingerprint density at radius 3 is 2.57 bits per heavy atom. The molecule has 0 spiro atoms. The van der Waals surface area contributed by atoms with Crippen LogP contribution in [-0.4, -0.2) is 46.9 Å². The minimum absolute atomic E-state index is 0.168. The van der Waals surface area contributed by atoms with Crippen molar-refractivity contribution in [2.75, 3.05) is 20.1 Å². The molecule has 0 N–H and O–H groups in total. The summed E-state index contributed by atoms with van der Waals surface area (Å²) in [5, 5.41) is 1.10. The number of hydrogen-bond donors (Lipinski definition) is 0. The molecule has 1 amide bonds. The van der Waals surface area contributed by atoms with E-state index >= 15 is 0 Å². The van der Waals surface area contributed by atoms with Crippen LogP contribution in [0.4, 0.5) is 0 Å². The molecule has 1 aliphatic rings. The molecule has 0 saturated carbocycles. The first-order valence-electron chi connectivity index (χ1n) is 10.8. The average Bonchev–Trinajstić information content (AvgIpc) is 3.16. The Morgan fingerprint density at radius 1 is 1.17 bits per heavy atom. The summed E-state index contributed by atoms with van der Waals surface area (Å²) in [7, 11) is 2.15. The van der Waals surface area contributed by atoms with E-state index in [1.165, 1.54) is 11.1 Å². The first-order chi connectivity index (χ1) is 14.4. The largest absolute Gasteiger partial charge is 0.464 e. The number of nitrogens with zero attached hydrogens (tertiary/aromatic N) is 3. The molecular weight excluding hydrogens is 374 g/mol. The normalized spacial score (nSPS) is 15.6. The quantitative estimate of drug-likeness (QED) is 0.631. The number of amides is 1. The number of likely N-dealkylation sites (tertiary alicyclic amines) is 1. The van der Waals surface area contributed by atoms with Gasteiger partial charge in [-0.15, -0.1) is 0 Å². The molecule has 3 heterocycles. The maximum absolute atomic E-state index is 13.6. The molecule has 4 rings (SSSR count). The van der Waals surface area contributed by atoms with E-state index < -0.39 is 0 Å². The van der Waals surface area contributed by atoms with Crippen LogP contribution in [0, 0.1) is 20.8 Å². The maximum Gasteiger partial charge on any atom is 0.227 e. The SMILES string of the molecule is Cc1cc(C)c2c(CC(=O)N(Cc3ccncc3)C3CCN(C)CC3)coc2c1C. The molecule has 0 radical (unpaired) electrons. The number of rotatable bonds is 5. The number of aromatic nitrogens is 1. The van der Waals surface area contributed by atoms with Gasteiger partial charge in [0.2, 0.25) is 5.91 Å². The molecule has 0 bridgehead atoms. The van der Waals surface area contributed by atoms with Gasteiger partial charge in [0.15, 0.2) is 0 Å². The second kappa shape index (κ2) is 8.60. The molecule has 0 aliphatic carbocycles. The average molecular weight is 406 g/mol. The minimum atomic E-state index is 0.168. The summed E-state index contributed by atoms with van der Waals surface area (Å²) < 4.78 is 5.91. The highest BCUT2D eigenvalue weighted by Crippen LogP contribution is 2.31. The standard InChI is InChI=1S/C25H31N3O2/c1-17-13-18(2)24-21(16-30-25(24)19(17)3)14-23(29)28(15-20-5-9-26-10-6-20)22-7-11-27(4)12-8-22/h5-6,9-10,13,16,22H,7-8,11-12,14-15H2,1-4H3. The van der Waals surface area contributed by atoms with Crippen LogP contribution in [-0.2, 0) is 17.8 Å². The molecule has 2 aromatic heterocycles. The number of fused-ring (bicyclic) bond motifs is 1. The molecule has 5 heteroatoms. The first-order valence-corrected chi connectivity index (χ1v) is 10.8. The van der Waals surface area contributed by atoms with Crippen molar-refractivity contribution < 1.29 is 9.21 Å². The van der Waals surface area contributed by atoms with Crippen LogP contribution in [0.1, 0.15) is 40.7 Å². The smallest absolute Gasteiger partial charge is 0.227 e. The van der Waals surface area contributed by atoms with Crippen LogP contribution in [0.3, 0.4) is 0 Å². The number of furan rings is 1. The van der Waals surface area contributed by atoms with Crippen molar-refractivity contribution in [1.82, 2.24) is 14.8 Å². The highest BCUT2D eigenvalue weighted by Gasteiger charge is 2.28. The van der Waals surface area contributed by atoms with Crippen LogP contribution >= 0.6 is 0 Å². The Labute approximate surface area is 178 Å². The van der Waals surface area contributed by atoms with Gasteiger partial charge in [-0.1, -0.05) is 6.07 Å². The van der Waals surface area contributed by atoms with Crippen molar-refractivity contribution in [3.05, 3.63) is 64.7 Å². The van der Waals surface area contributed by atoms with Gasteiger partial charge < -0.3 is 14.2 Å². The molecule has 158 valence electrons. The molecule has 0 atom stereocenters. The predicted octanol–water partition coefficient (Wildman–Crippen LogP) is 4.42. The molecule has 5 nitrogen and oxygen atoms in total. The molecule has 30 heavy (non-hydrogen) atoms. The van der Waals surface area contributed by atoms with E-state index in [1.807, 2.05) is 12.1 Å². The lowest BCUT2D eigenvalue weighted by Gasteiger charge is -2.37. The molecule has 1 aromatic carbocycles. The van der Waals surface area contributed by atoms with Crippen molar-refractivity contribution in [1.29, 1.82) is 0 Å². The van der Waals surface area contributed by atoms with Crippen molar-refractivity contribution in [3.8, 4) is 0 Å². The van der Waals surface area contributed by atoms with Crippen LogP contribution < -0.4 is 0 Å². The van der Waals surface area contributed by atoms with Gasteiger partial charge in [0.05, 0.1) is 12.7 Å². The number of carbonyl (C=O) groups is 1. The summed E-state index contributed by atoms with van der Waals surface area (Å²) in [6.45, 7) is 8.97. The second-order valence-corrected chi connectivity index (χ2v) is 8.69. The number of pyridine rings is 1. The van der Waals surface area contributed by atoms with Crippen molar-refractivity contribution >= 4 is 16.9 Å². The lowest BCUT2D eigenvalue weighted by atomic mass is 9.97. The van der Waals surface area contributed by atoms with E-state index in [4.69, 9.17) is 4.42 Å². The van der Waals surface area contributed by atoms with Gasteiger partial charge in [0.1, 0.15) is 5.58 Å². The summed E-state index contributed by atoms with van der Waals surface area (Å²) >= 11 is 0. The zero-order chi connectivity index (χ0) is 21.3. The third-order valence-electron chi connectivity index (χ3n) is 6.52. The fraction of sp³-hybridized carbons (Fsp3) is 0.440.